The van der Waals surface area contributed by atoms with Gasteiger partial charge in [0.25, 0.3) is 0 Å². The SMILES string of the molecule is Nc1cc(F)c(Br)cc1S(=O)(=O)NCC(F)(F)F. The summed E-state index contributed by atoms with van der Waals surface area (Å²) in [5, 5.41) is 0. The van der Waals surface area contributed by atoms with Gasteiger partial charge < -0.3 is 5.73 Å². The number of sulfonamides is 1. The number of nitrogens with two attached hydrogens (primary N) is 1. The lowest BCUT2D eigenvalue weighted by atomic mass is 10.3. The molecule has 0 atom stereocenters. The van der Waals surface area contributed by atoms with Crippen molar-refractivity contribution in [1.29, 1.82) is 0 Å². The van der Waals surface area contributed by atoms with Crippen molar-refractivity contribution in [3.63, 3.8) is 0 Å². The van der Waals surface area contributed by atoms with E-state index in [2.05, 4.69) is 15.9 Å². The summed E-state index contributed by atoms with van der Waals surface area (Å²) in [6, 6.07) is 1.50. The van der Waals surface area contributed by atoms with E-state index < -0.39 is 39.1 Å². The molecule has 0 aliphatic heterocycles. The van der Waals surface area contributed by atoms with Crippen LogP contribution in [0.1, 0.15) is 0 Å². The van der Waals surface area contributed by atoms with Crippen LogP contribution < -0.4 is 10.5 Å². The first kappa shape index (κ1) is 15.2. The summed E-state index contributed by atoms with van der Waals surface area (Å²) in [5.41, 5.74) is 4.77. The van der Waals surface area contributed by atoms with Crippen LogP contribution in [0, 0.1) is 5.82 Å². The van der Waals surface area contributed by atoms with Gasteiger partial charge in [-0.3, -0.25) is 0 Å². The van der Waals surface area contributed by atoms with Gasteiger partial charge in [-0.1, -0.05) is 0 Å². The highest BCUT2D eigenvalue weighted by molar-refractivity contribution is 9.10. The number of nitrogens with one attached hydrogen (secondary N) is 1. The van der Waals surface area contributed by atoms with Gasteiger partial charge >= 0.3 is 6.18 Å². The van der Waals surface area contributed by atoms with Crippen molar-refractivity contribution in [3.05, 3.63) is 22.4 Å². The van der Waals surface area contributed by atoms with E-state index in [0.717, 1.165) is 6.07 Å². The van der Waals surface area contributed by atoms with E-state index in [1.807, 2.05) is 0 Å². The Bertz CT molecular complexity index is 559. The van der Waals surface area contributed by atoms with Gasteiger partial charge in [0, 0.05) is 0 Å². The van der Waals surface area contributed by atoms with Gasteiger partial charge in [0.15, 0.2) is 0 Å². The smallest absolute Gasteiger partial charge is 0.398 e. The Morgan fingerprint density at radius 1 is 1.33 bits per heavy atom. The Hall–Kier alpha value is -0.870. The molecule has 0 aromatic heterocycles. The van der Waals surface area contributed by atoms with E-state index in [1.54, 1.807) is 0 Å². The van der Waals surface area contributed by atoms with E-state index in [-0.39, 0.29) is 4.47 Å². The normalized spacial score (nSPS) is 12.7. The van der Waals surface area contributed by atoms with Crippen LogP contribution in [0.15, 0.2) is 21.5 Å². The van der Waals surface area contributed by atoms with Gasteiger partial charge in [-0.25, -0.2) is 17.5 Å². The lowest BCUT2D eigenvalue weighted by Gasteiger charge is -2.11. The monoisotopic (exact) mass is 350 g/mol. The number of nitrogen functional groups attached to an aromatic ring is 1. The summed E-state index contributed by atoms with van der Waals surface area (Å²) in [6.45, 7) is -1.73. The Morgan fingerprint density at radius 2 is 1.89 bits per heavy atom. The summed E-state index contributed by atoms with van der Waals surface area (Å²) in [7, 11) is -4.46. The molecule has 0 aliphatic rings. The zero-order chi connectivity index (χ0) is 14.1. The lowest BCUT2D eigenvalue weighted by Crippen LogP contribution is -2.34. The molecule has 0 unspecified atom stereocenters. The van der Waals surface area contributed by atoms with E-state index in [1.165, 1.54) is 4.72 Å². The van der Waals surface area contributed by atoms with E-state index in [0.29, 0.717) is 6.07 Å². The molecule has 0 bridgehead atoms. The first-order valence-corrected chi connectivity index (χ1v) is 6.61. The summed E-state index contributed by atoms with van der Waals surface area (Å²) in [6.07, 6.45) is -4.70. The molecule has 10 heteroatoms. The second-order valence-electron chi connectivity index (χ2n) is 3.24. The van der Waals surface area contributed by atoms with Crippen molar-refractivity contribution in [1.82, 2.24) is 4.72 Å². The first-order chi connectivity index (χ1) is 8.03. The summed E-state index contributed by atoms with van der Waals surface area (Å²) < 4.78 is 72.9. The van der Waals surface area contributed by atoms with Crippen LogP contribution in [0.25, 0.3) is 0 Å². The fraction of sp³-hybridized carbons (Fsp3) is 0.250. The van der Waals surface area contributed by atoms with E-state index in [9.17, 15) is 26.0 Å². The molecule has 0 fully saturated rings. The Morgan fingerprint density at radius 3 is 2.39 bits per heavy atom. The highest BCUT2D eigenvalue weighted by Gasteiger charge is 2.31. The zero-order valence-electron chi connectivity index (χ0n) is 8.55. The molecule has 18 heavy (non-hydrogen) atoms. The molecule has 0 saturated carbocycles. The van der Waals surface area contributed by atoms with Gasteiger partial charge in [0.2, 0.25) is 10.0 Å². The molecular formula is C8H7BrF4N2O2S. The third-order valence-electron chi connectivity index (χ3n) is 1.80. The fourth-order valence-corrected chi connectivity index (χ4v) is 2.68. The molecule has 1 aromatic rings. The molecule has 1 aromatic carbocycles. The topological polar surface area (TPSA) is 72.2 Å². The number of hydrogen-bond donors (Lipinski definition) is 2. The highest BCUT2D eigenvalue weighted by atomic mass is 79.9. The zero-order valence-corrected chi connectivity index (χ0v) is 11.0. The summed E-state index contributed by atoms with van der Waals surface area (Å²) in [5.74, 6) is -0.817. The standard InChI is InChI=1S/C8H7BrF4N2O2S/c9-4-1-7(6(14)2-5(4)10)18(16,17)15-3-8(11,12)13/h1-2,15H,3,14H2. The average Bonchev–Trinajstić information content (AvgIpc) is 2.19. The molecule has 0 radical (unpaired) electrons. The average molecular weight is 351 g/mol. The van der Waals surface area contributed by atoms with Gasteiger partial charge in [-0.2, -0.15) is 13.2 Å². The molecule has 4 nitrogen and oxygen atoms in total. The number of rotatable bonds is 3. The molecule has 0 heterocycles. The molecule has 0 saturated heterocycles. The maximum Gasteiger partial charge on any atom is 0.402 e. The van der Waals surface area contributed by atoms with Gasteiger partial charge in [0.05, 0.1) is 10.2 Å². The molecule has 102 valence electrons. The van der Waals surface area contributed by atoms with Crippen molar-refractivity contribution < 1.29 is 26.0 Å². The van der Waals surface area contributed by atoms with E-state index in [4.69, 9.17) is 5.73 Å². The van der Waals surface area contributed by atoms with Crippen LogP contribution in [0.3, 0.4) is 0 Å². The molecule has 1 rings (SSSR count). The first-order valence-electron chi connectivity index (χ1n) is 4.34. The molecular weight excluding hydrogens is 344 g/mol. The summed E-state index contributed by atoms with van der Waals surface area (Å²) in [4.78, 5) is -0.625. The van der Waals surface area contributed by atoms with Crippen LogP contribution in [-0.4, -0.2) is 21.1 Å². The van der Waals surface area contributed by atoms with Crippen molar-refractivity contribution >= 4 is 31.6 Å². The van der Waals surface area contributed by atoms with Crippen molar-refractivity contribution in [3.8, 4) is 0 Å². The Balaban J connectivity index is 3.10. The Kier molecular flexibility index (Phi) is 4.23. The van der Waals surface area contributed by atoms with Crippen LogP contribution in [0.2, 0.25) is 0 Å². The van der Waals surface area contributed by atoms with Crippen molar-refractivity contribution in [2.24, 2.45) is 0 Å². The number of anilines is 1. The second-order valence-corrected chi connectivity index (χ2v) is 5.83. The number of benzene rings is 1. The second kappa shape index (κ2) is 5.02. The predicted molar refractivity (Wildman–Crippen MR) is 59.8 cm³/mol. The minimum absolute atomic E-state index is 0.218. The fourth-order valence-electron chi connectivity index (χ4n) is 1.03. The molecule has 0 spiro atoms. The van der Waals surface area contributed by atoms with Gasteiger partial charge in [0.1, 0.15) is 17.3 Å². The Labute approximate surface area is 108 Å². The highest BCUT2D eigenvalue weighted by Crippen LogP contribution is 2.26. The third kappa shape index (κ3) is 3.82. The molecule has 0 aliphatic carbocycles. The van der Waals surface area contributed by atoms with Crippen molar-refractivity contribution in [2.75, 3.05) is 12.3 Å². The van der Waals surface area contributed by atoms with Gasteiger partial charge in [-0.05, 0) is 28.1 Å². The van der Waals surface area contributed by atoms with E-state index >= 15 is 0 Å². The maximum absolute atomic E-state index is 13.0. The number of halogens is 5. The quantitative estimate of drug-likeness (QED) is 0.647. The third-order valence-corrected chi connectivity index (χ3v) is 3.87. The molecule has 0 amide bonds. The van der Waals surface area contributed by atoms with Crippen LogP contribution >= 0.6 is 15.9 Å². The predicted octanol–water partition coefficient (Wildman–Crippen LogP) is 2.01. The minimum atomic E-state index is -4.70. The maximum atomic E-state index is 13.0. The van der Waals surface area contributed by atoms with Crippen molar-refractivity contribution in [2.45, 2.75) is 11.1 Å². The lowest BCUT2D eigenvalue weighted by molar-refractivity contribution is -0.121. The van der Waals surface area contributed by atoms with Crippen LogP contribution in [0.4, 0.5) is 23.2 Å². The summed E-state index contributed by atoms with van der Waals surface area (Å²) >= 11 is 2.72. The minimum Gasteiger partial charge on any atom is -0.398 e. The van der Waals surface area contributed by atoms with Crippen LogP contribution in [-0.2, 0) is 10.0 Å². The van der Waals surface area contributed by atoms with Crippen LogP contribution in [0.5, 0.6) is 0 Å². The van der Waals surface area contributed by atoms with Gasteiger partial charge in [-0.15, -0.1) is 0 Å². The largest absolute Gasteiger partial charge is 0.402 e. The number of alkyl halides is 3. The number of hydrogen-bond acceptors (Lipinski definition) is 3. The molecule has 3 N–H and O–H groups in total.